The molecule has 0 radical (unpaired) electrons. The topological polar surface area (TPSA) is 71.8 Å². The van der Waals surface area contributed by atoms with Crippen LogP contribution < -0.4 is 5.32 Å². The lowest BCUT2D eigenvalue weighted by atomic mass is 10.2. The van der Waals surface area contributed by atoms with Gasteiger partial charge in [0.1, 0.15) is 6.33 Å². The van der Waals surface area contributed by atoms with Gasteiger partial charge in [0.15, 0.2) is 5.65 Å². The van der Waals surface area contributed by atoms with Crippen molar-refractivity contribution in [2.45, 2.75) is 38.9 Å². The molecule has 3 rings (SSSR count). The Hall–Kier alpha value is -1.99. The minimum absolute atomic E-state index is 0.0563. The molecule has 2 aromatic heterocycles. The summed E-state index contributed by atoms with van der Waals surface area (Å²) in [5.74, 6) is -0.0563. The highest BCUT2D eigenvalue weighted by molar-refractivity contribution is 5.94. The molecule has 0 aromatic carbocycles. The van der Waals surface area contributed by atoms with Crippen LogP contribution in [0.25, 0.3) is 5.65 Å². The number of aromatic nitrogens is 3. The summed E-state index contributed by atoms with van der Waals surface area (Å²) in [4.78, 5) is 14.6. The number of amides is 1. The SMILES string of the molecule is CC1CN(CCCCNC(=O)c2ccc3nncn3c2)CC(C)O1. The maximum Gasteiger partial charge on any atom is 0.252 e. The summed E-state index contributed by atoms with van der Waals surface area (Å²) >= 11 is 0. The fourth-order valence-electron chi connectivity index (χ4n) is 3.19. The summed E-state index contributed by atoms with van der Waals surface area (Å²) in [5, 5.41) is 10.7. The normalized spacial score (nSPS) is 21.9. The molecule has 1 fully saturated rings. The number of rotatable bonds is 6. The van der Waals surface area contributed by atoms with Gasteiger partial charge in [-0.2, -0.15) is 0 Å². The second-order valence-electron chi connectivity index (χ2n) is 6.49. The monoisotopic (exact) mass is 331 g/mol. The smallest absolute Gasteiger partial charge is 0.252 e. The molecule has 24 heavy (non-hydrogen) atoms. The van der Waals surface area contributed by atoms with Gasteiger partial charge in [-0.1, -0.05) is 0 Å². The lowest BCUT2D eigenvalue weighted by molar-refractivity contribution is -0.0681. The van der Waals surface area contributed by atoms with Gasteiger partial charge in [0.2, 0.25) is 0 Å². The van der Waals surface area contributed by atoms with E-state index < -0.39 is 0 Å². The second-order valence-corrected chi connectivity index (χ2v) is 6.49. The number of pyridine rings is 1. The molecule has 1 aliphatic heterocycles. The van der Waals surface area contributed by atoms with Crippen LogP contribution in [0.3, 0.4) is 0 Å². The van der Waals surface area contributed by atoms with E-state index in [-0.39, 0.29) is 5.91 Å². The van der Waals surface area contributed by atoms with Gasteiger partial charge in [0.05, 0.1) is 17.8 Å². The third-order valence-electron chi connectivity index (χ3n) is 4.24. The first kappa shape index (κ1) is 16.9. The molecule has 1 saturated heterocycles. The standard InChI is InChI=1S/C17H25N5O2/c1-13-9-21(10-14(2)24-13)8-4-3-7-18-17(23)15-5-6-16-20-19-12-22(16)11-15/h5-6,11-14H,3-4,7-10H2,1-2H3,(H,18,23). The van der Waals surface area contributed by atoms with Gasteiger partial charge in [0.25, 0.3) is 5.91 Å². The highest BCUT2D eigenvalue weighted by atomic mass is 16.5. The third-order valence-corrected chi connectivity index (χ3v) is 4.24. The molecule has 1 aliphatic rings. The van der Waals surface area contributed by atoms with E-state index in [0.29, 0.717) is 24.3 Å². The Bertz CT molecular complexity index is 676. The van der Waals surface area contributed by atoms with Crippen molar-refractivity contribution in [3.8, 4) is 0 Å². The highest BCUT2D eigenvalue weighted by Gasteiger charge is 2.21. The Morgan fingerprint density at radius 2 is 2.08 bits per heavy atom. The Morgan fingerprint density at radius 3 is 2.88 bits per heavy atom. The molecule has 0 aliphatic carbocycles. The van der Waals surface area contributed by atoms with Crippen LogP contribution in [-0.4, -0.2) is 63.8 Å². The summed E-state index contributed by atoms with van der Waals surface area (Å²) in [6, 6.07) is 3.57. The number of carbonyl (C=O) groups is 1. The number of hydrogen-bond acceptors (Lipinski definition) is 5. The van der Waals surface area contributed by atoms with Gasteiger partial charge in [-0.05, 0) is 45.4 Å². The first-order valence-electron chi connectivity index (χ1n) is 8.57. The molecule has 7 heteroatoms. The Balaban J connectivity index is 1.37. The van der Waals surface area contributed by atoms with Crippen molar-refractivity contribution < 1.29 is 9.53 Å². The number of nitrogens with one attached hydrogen (secondary N) is 1. The van der Waals surface area contributed by atoms with Gasteiger partial charge >= 0.3 is 0 Å². The molecular formula is C17H25N5O2. The van der Waals surface area contributed by atoms with E-state index >= 15 is 0 Å². The van der Waals surface area contributed by atoms with Crippen molar-refractivity contribution in [3.05, 3.63) is 30.2 Å². The van der Waals surface area contributed by atoms with Gasteiger partial charge in [-0.15, -0.1) is 10.2 Å². The predicted molar refractivity (Wildman–Crippen MR) is 91.0 cm³/mol. The fourth-order valence-corrected chi connectivity index (χ4v) is 3.19. The first-order chi connectivity index (χ1) is 11.6. The van der Waals surface area contributed by atoms with Gasteiger partial charge in [-0.3, -0.25) is 14.1 Å². The summed E-state index contributed by atoms with van der Waals surface area (Å²) in [6.45, 7) is 7.98. The van der Waals surface area contributed by atoms with Crippen LogP contribution in [0.15, 0.2) is 24.7 Å². The second kappa shape index (κ2) is 7.72. The Kier molecular flexibility index (Phi) is 5.42. The van der Waals surface area contributed by atoms with E-state index in [1.54, 1.807) is 29.1 Å². The average molecular weight is 331 g/mol. The summed E-state index contributed by atoms with van der Waals surface area (Å²) in [5.41, 5.74) is 1.36. The Labute approximate surface area is 142 Å². The molecule has 1 N–H and O–H groups in total. The van der Waals surface area contributed by atoms with E-state index in [1.807, 2.05) is 0 Å². The number of fused-ring (bicyclic) bond motifs is 1. The number of ether oxygens (including phenoxy) is 1. The van der Waals surface area contributed by atoms with Crippen LogP contribution in [0.2, 0.25) is 0 Å². The largest absolute Gasteiger partial charge is 0.373 e. The molecule has 0 saturated carbocycles. The zero-order valence-electron chi connectivity index (χ0n) is 14.3. The van der Waals surface area contributed by atoms with Crippen molar-refractivity contribution in [2.75, 3.05) is 26.2 Å². The van der Waals surface area contributed by atoms with E-state index in [0.717, 1.165) is 38.1 Å². The van der Waals surface area contributed by atoms with Gasteiger partial charge in [-0.25, -0.2) is 0 Å². The number of carbonyl (C=O) groups excluding carboxylic acids is 1. The number of hydrogen-bond donors (Lipinski definition) is 1. The van der Waals surface area contributed by atoms with Gasteiger partial charge < -0.3 is 10.1 Å². The Morgan fingerprint density at radius 1 is 1.29 bits per heavy atom. The zero-order chi connectivity index (χ0) is 16.9. The van der Waals surface area contributed by atoms with Crippen molar-refractivity contribution in [3.63, 3.8) is 0 Å². The molecule has 3 heterocycles. The minimum Gasteiger partial charge on any atom is -0.373 e. The molecule has 130 valence electrons. The third kappa shape index (κ3) is 4.30. The highest BCUT2D eigenvalue weighted by Crippen LogP contribution is 2.11. The van der Waals surface area contributed by atoms with E-state index in [1.165, 1.54) is 0 Å². The molecule has 0 bridgehead atoms. The maximum absolute atomic E-state index is 12.2. The van der Waals surface area contributed by atoms with Crippen LogP contribution in [0.5, 0.6) is 0 Å². The molecule has 0 spiro atoms. The molecule has 2 aromatic rings. The van der Waals surface area contributed by atoms with Crippen LogP contribution in [0.1, 0.15) is 37.0 Å². The van der Waals surface area contributed by atoms with Crippen LogP contribution >= 0.6 is 0 Å². The number of unbranched alkanes of at least 4 members (excludes halogenated alkanes) is 1. The van der Waals surface area contributed by atoms with E-state index in [4.69, 9.17) is 4.74 Å². The van der Waals surface area contributed by atoms with Crippen molar-refractivity contribution in [2.24, 2.45) is 0 Å². The van der Waals surface area contributed by atoms with E-state index in [2.05, 4.69) is 34.3 Å². The average Bonchev–Trinajstić information content (AvgIpc) is 3.01. The summed E-state index contributed by atoms with van der Waals surface area (Å²) in [6.07, 6.45) is 6.00. The molecule has 1 amide bonds. The maximum atomic E-state index is 12.2. The molecule has 2 atom stereocenters. The van der Waals surface area contributed by atoms with Gasteiger partial charge in [0, 0.05) is 25.8 Å². The summed E-state index contributed by atoms with van der Waals surface area (Å²) < 4.78 is 7.49. The lowest BCUT2D eigenvalue weighted by Crippen LogP contribution is -2.45. The van der Waals surface area contributed by atoms with Crippen molar-refractivity contribution in [1.29, 1.82) is 0 Å². The van der Waals surface area contributed by atoms with E-state index in [9.17, 15) is 4.79 Å². The lowest BCUT2D eigenvalue weighted by Gasteiger charge is -2.35. The first-order valence-corrected chi connectivity index (χ1v) is 8.57. The number of nitrogens with zero attached hydrogens (tertiary/aromatic N) is 4. The van der Waals surface area contributed by atoms with Crippen molar-refractivity contribution in [1.82, 2.24) is 24.8 Å². The quantitative estimate of drug-likeness (QED) is 0.809. The minimum atomic E-state index is -0.0563. The predicted octanol–water partition coefficient (Wildman–Crippen LogP) is 1.35. The molecule has 2 unspecified atom stereocenters. The summed E-state index contributed by atoms with van der Waals surface area (Å²) in [7, 11) is 0. The van der Waals surface area contributed by atoms with Crippen LogP contribution in [-0.2, 0) is 4.74 Å². The fraction of sp³-hybridized carbons (Fsp3) is 0.588. The van der Waals surface area contributed by atoms with Crippen molar-refractivity contribution >= 4 is 11.6 Å². The van der Waals surface area contributed by atoms with Crippen LogP contribution in [0.4, 0.5) is 0 Å². The molecular weight excluding hydrogens is 306 g/mol. The zero-order valence-corrected chi connectivity index (χ0v) is 14.3. The van der Waals surface area contributed by atoms with Crippen LogP contribution in [0, 0.1) is 0 Å². The number of morpholine rings is 1. The molecule has 7 nitrogen and oxygen atoms in total.